The van der Waals surface area contributed by atoms with Gasteiger partial charge in [0.25, 0.3) is 5.91 Å². The molecule has 1 atom stereocenters. The Morgan fingerprint density at radius 1 is 1.14 bits per heavy atom. The van der Waals surface area contributed by atoms with Crippen molar-refractivity contribution in [3.63, 3.8) is 0 Å². The van der Waals surface area contributed by atoms with Gasteiger partial charge in [-0.05, 0) is 62.2 Å². The molecule has 0 bridgehead atoms. The maximum absolute atomic E-state index is 13.3. The number of carbonyl (C=O) groups excluding carboxylic acids is 1. The Hall–Kier alpha value is -3.16. The smallest absolute Gasteiger partial charge is 0.305 e. The van der Waals surface area contributed by atoms with Crippen molar-refractivity contribution >= 4 is 11.6 Å². The summed E-state index contributed by atoms with van der Waals surface area (Å²) in [6, 6.07) is 7.35. The molecule has 3 aromatic rings. The van der Waals surface area contributed by atoms with Crippen LogP contribution < -0.4 is 4.90 Å². The minimum Gasteiger partial charge on any atom is -0.305 e. The highest BCUT2D eigenvalue weighted by atomic mass is 19.4. The van der Waals surface area contributed by atoms with E-state index < -0.39 is 11.7 Å². The summed E-state index contributed by atoms with van der Waals surface area (Å²) in [4.78, 5) is 19.0. The molecule has 1 aliphatic heterocycles. The zero-order valence-electron chi connectivity index (χ0n) is 16.2. The zero-order valence-corrected chi connectivity index (χ0v) is 16.2. The minimum absolute atomic E-state index is 0.0829. The predicted molar refractivity (Wildman–Crippen MR) is 103 cm³/mol. The van der Waals surface area contributed by atoms with Gasteiger partial charge < -0.3 is 4.90 Å². The number of hydrogen-bond donors (Lipinski definition) is 0. The zero-order chi connectivity index (χ0) is 20.9. The molecule has 150 valence electrons. The molecule has 0 spiro atoms. The topological polar surface area (TPSA) is 51.0 Å². The lowest BCUT2D eigenvalue weighted by molar-refractivity contribution is -0.138. The molecule has 1 aromatic carbocycles. The summed E-state index contributed by atoms with van der Waals surface area (Å²) in [5.41, 5.74) is 2.57. The molecule has 3 heterocycles. The number of amides is 1. The summed E-state index contributed by atoms with van der Waals surface area (Å²) in [6.45, 7) is 5.52. The number of nitrogens with zero attached hydrogens (tertiary/aromatic N) is 4. The highest BCUT2D eigenvalue weighted by Gasteiger charge is 2.36. The van der Waals surface area contributed by atoms with Crippen molar-refractivity contribution in [2.24, 2.45) is 0 Å². The van der Waals surface area contributed by atoms with Crippen LogP contribution >= 0.6 is 0 Å². The fourth-order valence-electron chi connectivity index (χ4n) is 3.74. The summed E-state index contributed by atoms with van der Waals surface area (Å²) >= 11 is 0. The van der Waals surface area contributed by atoms with Crippen molar-refractivity contribution in [3.05, 3.63) is 65.2 Å². The second-order valence-corrected chi connectivity index (χ2v) is 7.30. The first-order valence-electron chi connectivity index (χ1n) is 9.17. The quantitative estimate of drug-likeness (QED) is 0.621. The van der Waals surface area contributed by atoms with E-state index in [1.807, 2.05) is 26.0 Å². The van der Waals surface area contributed by atoms with Gasteiger partial charge in [-0.15, -0.1) is 0 Å². The fraction of sp³-hybridized carbons (Fsp3) is 0.286. The number of hydrogen-bond acceptors (Lipinski definition) is 3. The average Bonchev–Trinajstić information content (AvgIpc) is 3.09. The Labute approximate surface area is 165 Å². The third kappa shape index (κ3) is 3.28. The summed E-state index contributed by atoms with van der Waals surface area (Å²) in [5.74, 6) is -0.288. The highest BCUT2D eigenvalue weighted by Crippen LogP contribution is 2.36. The fourth-order valence-corrected chi connectivity index (χ4v) is 3.74. The number of benzene rings is 1. The second kappa shape index (κ2) is 6.72. The maximum Gasteiger partial charge on any atom is 0.416 e. The molecular weight excluding hydrogens is 381 g/mol. The SMILES string of the molecule is Cc1cc(-c2cnn3c2C(=O)N(c2ccc(C(F)(F)F)c(C)c2)C[C@@H]3C)ccn1. The second-order valence-electron chi connectivity index (χ2n) is 7.30. The number of aryl methyl sites for hydroxylation is 2. The molecule has 0 saturated carbocycles. The van der Waals surface area contributed by atoms with Crippen LogP contribution in [0, 0.1) is 13.8 Å². The normalized spacial score (nSPS) is 16.8. The molecule has 8 heteroatoms. The third-order valence-electron chi connectivity index (χ3n) is 5.14. The average molecular weight is 400 g/mol. The van der Waals surface area contributed by atoms with Gasteiger partial charge in [0.1, 0.15) is 5.69 Å². The highest BCUT2D eigenvalue weighted by molar-refractivity contribution is 6.09. The largest absolute Gasteiger partial charge is 0.416 e. The van der Waals surface area contributed by atoms with Crippen LogP contribution in [0.5, 0.6) is 0 Å². The van der Waals surface area contributed by atoms with E-state index in [4.69, 9.17) is 0 Å². The van der Waals surface area contributed by atoms with Crippen LogP contribution in [0.3, 0.4) is 0 Å². The number of anilines is 1. The van der Waals surface area contributed by atoms with Crippen molar-refractivity contribution in [2.75, 3.05) is 11.4 Å². The number of fused-ring (bicyclic) bond motifs is 1. The Morgan fingerprint density at radius 2 is 1.90 bits per heavy atom. The summed E-state index contributed by atoms with van der Waals surface area (Å²) in [5, 5.41) is 4.39. The molecule has 0 saturated heterocycles. The van der Waals surface area contributed by atoms with Crippen molar-refractivity contribution in [1.82, 2.24) is 14.8 Å². The van der Waals surface area contributed by atoms with Crippen molar-refractivity contribution in [1.29, 1.82) is 0 Å². The van der Waals surface area contributed by atoms with E-state index >= 15 is 0 Å². The van der Waals surface area contributed by atoms with E-state index in [-0.39, 0.29) is 17.5 Å². The molecule has 0 aliphatic carbocycles. The van der Waals surface area contributed by atoms with Gasteiger partial charge in [-0.1, -0.05) is 0 Å². The first-order valence-corrected chi connectivity index (χ1v) is 9.17. The number of aromatic nitrogens is 3. The van der Waals surface area contributed by atoms with E-state index in [0.29, 0.717) is 23.5 Å². The third-order valence-corrected chi connectivity index (χ3v) is 5.14. The van der Waals surface area contributed by atoms with E-state index in [1.54, 1.807) is 17.1 Å². The molecular formula is C21H19F3N4O. The molecule has 0 radical (unpaired) electrons. The van der Waals surface area contributed by atoms with Crippen molar-refractivity contribution < 1.29 is 18.0 Å². The monoisotopic (exact) mass is 400 g/mol. The number of carbonyl (C=O) groups is 1. The van der Waals surface area contributed by atoms with Gasteiger partial charge in [0.05, 0.1) is 17.8 Å². The van der Waals surface area contributed by atoms with Crippen LogP contribution in [-0.4, -0.2) is 27.2 Å². The van der Waals surface area contributed by atoms with Crippen molar-refractivity contribution in [3.8, 4) is 11.1 Å². The molecule has 2 aromatic heterocycles. The summed E-state index contributed by atoms with van der Waals surface area (Å²) in [6.07, 6.45) is -1.10. The van der Waals surface area contributed by atoms with E-state index in [0.717, 1.165) is 17.3 Å². The summed E-state index contributed by atoms with van der Waals surface area (Å²) < 4.78 is 41.0. The molecule has 29 heavy (non-hydrogen) atoms. The van der Waals surface area contributed by atoms with Gasteiger partial charge >= 0.3 is 6.18 Å². The van der Waals surface area contributed by atoms with Gasteiger partial charge in [0, 0.05) is 29.7 Å². The van der Waals surface area contributed by atoms with Crippen LogP contribution in [0.25, 0.3) is 11.1 Å². The van der Waals surface area contributed by atoms with Crippen LogP contribution in [-0.2, 0) is 6.18 Å². The van der Waals surface area contributed by atoms with Gasteiger partial charge in [-0.3, -0.25) is 14.5 Å². The van der Waals surface area contributed by atoms with Crippen LogP contribution in [0.4, 0.5) is 18.9 Å². The van der Waals surface area contributed by atoms with Crippen LogP contribution in [0.2, 0.25) is 0 Å². The van der Waals surface area contributed by atoms with E-state index in [1.165, 1.54) is 24.0 Å². The van der Waals surface area contributed by atoms with Crippen LogP contribution in [0.15, 0.2) is 42.7 Å². The van der Waals surface area contributed by atoms with Gasteiger partial charge in [-0.25, -0.2) is 0 Å². The lowest BCUT2D eigenvalue weighted by Crippen LogP contribution is -2.42. The van der Waals surface area contributed by atoms with Crippen LogP contribution in [0.1, 0.15) is 40.3 Å². The first-order chi connectivity index (χ1) is 13.7. The number of halogens is 3. The van der Waals surface area contributed by atoms with E-state index in [9.17, 15) is 18.0 Å². The Kier molecular flexibility index (Phi) is 4.44. The lowest BCUT2D eigenvalue weighted by Gasteiger charge is -2.33. The molecule has 0 fully saturated rings. The number of alkyl halides is 3. The lowest BCUT2D eigenvalue weighted by atomic mass is 10.0. The Balaban J connectivity index is 1.77. The maximum atomic E-state index is 13.3. The molecule has 5 nitrogen and oxygen atoms in total. The summed E-state index contributed by atoms with van der Waals surface area (Å²) in [7, 11) is 0. The molecule has 1 aliphatic rings. The van der Waals surface area contributed by atoms with Crippen molar-refractivity contribution in [2.45, 2.75) is 33.0 Å². The predicted octanol–water partition coefficient (Wildman–Crippen LogP) is 4.80. The van der Waals surface area contributed by atoms with Gasteiger partial charge in [0.15, 0.2) is 0 Å². The molecule has 0 unspecified atom stereocenters. The number of pyridine rings is 1. The van der Waals surface area contributed by atoms with Gasteiger partial charge in [0.2, 0.25) is 0 Å². The van der Waals surface area contributed by atoms with Gasteiger partial charge in [-0.2, -0.15) is 18.3 Å². The first kappa shape index (κ1) is 19.2. The minimum atomic E-state index is -4.42. The van der Waals surface area contributed by atoms with E-state index in [2.05, 4.69) is 10.1 Å². The molecule has 0 N–H and O–H groups in total. The Bertz CT molecular complexity index is 1100. The standard InChI is InChI=1S/C21H19F3N4O/c1-12-8-16(4-5-18(12)21(22,23)24)27-11-14(3)28-19(20(27)29)17(10-26-28)15-6-7-25-13(2)9-15/h4-10,14H,11H2,1-3H3/t14-/m0/s1. The Morgan fingerprint density at radius 3 is 2.55 bits per heavy atom. The number of rotatable bonds is 2. The molecule has 4 rings (SSSR count). The molecule has 1 amide bonds.